The Morgan fingerprint density at radius 3 is 2.17 bits per heavy atom. The number of sulfone groups is 1. The van der Waals surface area contributed by atoms with E-state index in [0.29, 0.717) is 11.5 Å². The molecule has 1 heterocycles. The Morgan fingerprint density at radius 2 is 1.55 bits per heavy atom. The average molecular weight is 412 g/mol. The van der Waals surface area contributed by atoms with Crippen LogP contribution in [0.5, 0.6) is 0 Å². The van der Waals surface area contributed by atoms with Crippen LogP contribution < -0.4 is 5.32 Å². The van der Waals surface area contributed by atoms with E-state index in [9.17, 15) is 13.2 Å². The van der Waals surface area contributed by atoms with Crippen molar-refractivity contribution in [1.29, 1.82) is 0 Å². The normalized spacial score (nSPS) is 12.7. The third kappa shape index (κ3) is 4.95. The SMILES string of the molecule is CC(C)c1ccc(C(C)NC(=O)c2occc2CS(=O)(=O)c2ccccc2)cc1. The summed E-state index contributed by atoms with van der Waals surface area (Å²) in [6.07, 6.45) is 1.34. The number of hydrogen-bond donors (Lipinski definition) is 1. The number of carbonyl (C=O) groups is 1. The quantitative estimate of drug-likeness (QED) is 0.602. The van der Waals surface area contributed by atoms with Crippen molar-refractivity contribution in [3.05, 3.63) is 89.4 Å². The molecule has 3 rings (SSSR count). The van der Waals surface area contributed by atoms with Crippen LogP contribution in [-0.4, -0.2) is 14.3 Å². The Labute approximate surface area is 171 Å². The van der Waals surface area contributed by atoms with Crippen LogP contribution in [0.2, 0.25) is 0 Å². The molecule has 0 aliphatic carbocycles. The summed E-state index contributed by atoms with van der Waals surface area (Å²) in [4.78, 5) is 12.9. The first-order valence-corrected chi connectivity index (χ1v) is 11.2. The van der Waals surface area contributed by atoms with Crippen molar-refractivity contribution in [3.8, 4) is 0 Å². The first kappa shape index (κ1) is 20.9. The molecule has 0 saturated carbocycles. The van der Waals surface area contributed by atoms with Crippen molar-refractivity contribution in [2.24, 2.45) is 0 Å². The van der Waals surface area contributed by atoms with Gasteiger partial charge in [0.05, 0.1) is 23.0 Å². The van der Waals surface area contributed by atoms with Gasteiger partial charge in [-0.05, 0) is 42.2 Å². The van der Waals surface area contributed by atoms with E-state index in [4.69, 9.17) is 4.42 Å². The van der Waals surface area contributed by atoms with Gasteiger partial charge < -0.3 is 9.73 Å². The lowest BCUT2D eigenvalue weighted by molar-refractivity contribution is 0.0911. The largest absolute Gasteiger partial charge is 0.459 e. The number of amides is 1. The third-order valence-electron chi connectivity index (χ3n) is 4.85. The van der Waals surface area contributed by atoms with E-state index in [1.54, 1.807) is 18.2 Å². The van der Waals surface area contributed by atoms with Crippen molar-refractivity contribution in [3.63, 3.8) is 0 Å². The van der Waals surface area contributed by atoms with E-state index in [2.05, 4.69) is 19.2 Å². The van der Waals surface area contributed by atoms with Gasteiger partial charge in [-0.15, -0.1) is 0 Å². The van der Waals surface area contributed by atoms with Crippen LogP contribution in [0.1, 0.15) is 60.0 Å². The maximum absolute atomic E-state index is 12.7. The van der Waals surface area contributed by atoms with Crippen LogP contribution in [0, 0.1) is 0 Å². The first-order chi connectivity index (χ1) is 13.8. The second kappa shape index (κ2) is 8.66. The summed E-state index contributed by atoms with van der Waals surface area (Å²) in [6.45, 7) is 6.13. The monoisotopic (exact) mass is 411 g/mol. The van der Waals surface area contributed by atoms with Crippen molar-refractivity contribution in [1.82, 2.24) is 5.32 Å². The third-order valence-corrected chi connectivity index (χ3v) is 6.53. The Kier molecular flexibility index (Phi) is 6.23. The van der Waals surface area contributed by atoms with E-state index >= 15 is 0 Å². The van der Waals surface area contributed by atoms with E-state index < -0.39 is 15.7 Å². The predicted octanol–water partition coefficient (Wildman–Crippen LogP) is 4.87. The van der Waals surface area contributed by atoms with Gasteiger partial charge in [0.1, 0.15) is 0 Å². The highest BCUT2D eigenvalue weighted by molar-refractivity contribution is 7.90. The number of hydrogen-bond acceptors (Lipinski definition) is 4. The molecule has 0 bridgehead atoms. The molecular weight excluding hydrogens is 386 g/mol. The van der Waals surface area contributed by atoms with E-state index in [1.807, 2.05) is 31.2 Å². The molecule has 1 atom stereocenters. The van der Waals surface area contributed by atoms with Gasteiger partial charge in [-0.3, -0.25) is 4.79 Å². The minimum atomic E-state index is -3.57. The van der Waals surface area contributed by atoms with Gasteiger partial charge in [0, 0.05) is 5.56 Å². The van der Waals surface area contributed by atoms with Crippen LogP contribution in [0.4, 0.5) is 0 Å². The van der Waals surface area contributed by atoms with Gasteiger partial charge in [0.25, 0.3) is 5.91 Å². The van der Waals surface area contributed by atoms with Crippen LogP contribution in [0.3, 0.4) is 0 Å². The minimum absolute atomic E-state index is 0.0233. The number of rotatable bonds is 7. The van der Waals surface area contributed by atoms with Gasteiger partial charge >= 0.3 is 0 Å². The van der Waals surface area contributed by atoms with Crippen LogP contribution in [0.15, 0.2) is 76.2 Å². The molecule has 0 radical (unpaired) electrons. The standard InChI is InChI=1S/C23H25NO4S/c1-16(2)18-9-11-19(12-10-18)17(3)24-23(25)22-20(13-14-28-22)15-29(26,27)21-7-5-4-6-8-21/h4-14,16-17H,15H2,1-3H3,(H,24,25). The number of nitrogens with one attached hydrogen (secondary N) is 1. The highest BCUT2D eigenvalue weighted by Gasteiger charge is 2.23. The zero-order chi connectivity index (χ0) is 21.0. The van der Waals surface area contributed by atoms with E-state index in [0.717, 1.165) is 5.56 Å². The Morgan fingerprint density at radius 1 is 0.931 bits per heavy atom. The maximum atomic E-state index is 12.7. The molecule has 3 aromatic rings. The fourth-order valence-corrected chi connectivity index (χ4v) is 4.45. The molecule has 0 spiro atoms. The molecule has 152 valence electrons. The summed E-state index contributed by atoms with van der Waals surface area (Å²) in [7, 11) is -3.57. The molecule has 1 amide bonds. The van der Waals surface area contributed by atoms with Gasteiger partial charge in [-0.2, -0.15) is 0 Å². The number of furan rings is 1. The topological polar surface area (TPSA) is 76.4 Å². The second-order valence-electron chi connectivity index (χ2n) is 7.36. The Balaban J connectivity index is 1.73. The van der Waals surface area contributed by atoms with E-state index in [1.165, 1.54) is 30.0 Å². The lowest BCUT2D eigenvalue weighted by atomic mass is 9.99. The zero-order valence-electron chi connectivity index (χ0n) is 16.8. The highest BCUT2D eigenvalue weighted by Crippen LogP contribution is 2.22. The lowest BCUT2D eigenvalue weighted by Crippen LogP contribution is -2.27. The summed E-state index contributed by atoms with van der Waals surface area (Å²) in [5.41, 5.74) is 2.54. The molecule has 29 heavy (non-hydrogen) atoms. The van der Waals surface area contributed by atoms with Gasteiger partial charge in [0.15, 0.2) is 15.6 Å². The molecular formula is C23H25NO4S. The van der Waals surface area contributed by atoms with Crippen LogP contribution in [0.25, 0.3) is 0 Å². The van der Waals surface area contributed by atoms with Crippen molar-refractivity contribution in [2.75, 3.05) is 0 Å². The average Bonchev–Trinajstić information content (AvgIpc) is 3.16. The molecule has 0 saturated heterocycles. The summed E-state index contributed by atoms with van der Waals surface area (Å²) in [6, 6.07) is 17.5. The van der Waals surface area contributed by atoms with Crippen molar-refractivity contribution in [2.45, 2.75) is 43.4 Å². The molecule has 1 N–H and O–H groups in total. The highest BCUT2D eigenvalue weighted by atomic mass is 32.2. The maximum Gasteiger partial charge on any atom is 0.287 e. The van der Waals surface area contributed by atoms with Crippen molar-refractivity contribution < 1.29 is 17.6 Å². The zero-order valence-corrected chi connectivity index (χ0v) is 17.6. The molecule has 1 aromatic heterocycles. The Bertz CT molecular complexity index is 1070. The first-order valence-electron chi connectivity index (χ1n) is 9.53. The molecule has 6 heteroatoms. The summed E-state index contributed by atoms with van der Waals surface area (Å²) in [5.74, 6) is -0.275. The molecule has 2 aromatic carbocycles. The molecule has 0 fully saturated rings. The number of carbonyl (C=O) groups excluding carboxylic acids is 1. The molecule has 1 unspecified atom stereocenters. The summed E-state index contributed by atoms with van der Waals surface area (Å²) < 4.78 is 30.6. The van der Waals surface area contributed by atoms with Crippen molar-refractivity contribution >= 4 is 15.7 Å². The fourth-order valence-electron chi connectivity index (χ4n) is 3.08. The fraction of sp³-hybridized carbons (Fsp3) is 0.261. The minimum Gasteiger partial charge on any atom is -0.459 e. The second-order valence-corrected chi connectivity index (χ2v) is 9.35. The summed E-state index contributed by atoms with van der Waals surface area (Å²) in [5, 5.41) is 2.89. The smallest absolute Gasteiger partial charge is 0.287 e. The van der Waals surface area contributed by atoms with Gasteiger partial charge in [0.2, 0.25) is 0 Å². The van der Waals surface area contributed by atoms with Crippen LogP contribution in [-0.2, 0) is 15.6 Å². The summed E-state index contributed by atoms with van der Waals surface area (Å²) >= 11 is 0. The Hall–Kier alpha value is -2.86. The van der Waals surface area contributed by atoms with Gasteiger partial charge in [-0.25, -0.2) is 8.42 Å². The molecule has 0 aliphatic rings. The van der Waals surface area contributed by atoms with Crippen LogP contribution >= 0.6 is 0 Å². The lowest BCUT2D eigenvalue weighted by Gasteiger charge is -2.15. The predicted molar refractivity (Wildman–Crippen MR) is 112 cm³/mol. The number of benzene rings is 2. The van der Waals surface area contributed by atoms with Gasteiger partial charge in [-0.1, -0.05) is 56.3 Å². The molecule has 0 aliphatic heterocycles. The van der Waals surface area contributed by atoms with E-state index in [-0.39, 0.29) is 22.5 Å². The molecule has 5 nitrogen and oxygen atoms in total.